The first-order valence-corrected chi connectivity index (χ1v) is 3.81. The Hall–Kier alpha value is -1.26. The number of hydrogen-bond donors (Lipinski definition) is 2. The van der Waals surface area contributed by atoms with Crippen LogP contribution in [0.5, 0.6) is 0 Å². The van der Waals surface area contributed by atoms with Gasteiger partial charge >= 0.3 is 0 Å². The van der Waals surface area contributed by atoms with E-state index in [1.54, 1.807) is 0 Å². The fraction of sp³-hybridized carbons (Fsp3) is 0.222. The highest BCUT2D eigenvalue weighted by Gasteiger charge is 2.10. The zero-order chi connectivity index (χ0) is 9.84. The van der Waals surface area contributed by atoms with E-state index in [0.29, 0.717) is 5.56 Å². The summed E-state index contributed by atoms with van der Waals surface area (Å²) in [6.07, 6.45) is 0. The Morgan fingerprint density at radius 1 is 1.54 bits per heavy atom. The van der Waals surface area contributed by atoms with Crippen LogP contribution in [0.2, 0.25) is 0 Å². The molecule has 1 rings (SSSR count). The summed E-state index contributed by atoms with van der Waals surface area (Å²) < 4.78 is 13.0. The van der Waals surface area contributed by atoms with E-state index in [4.69, 9.17) is 10.8 Å². The highest BCUT2D eigenvalue weighted by molar-refractivity contribution is 5.97. The van der Waals surface area contributed by atoms with Gasteiger partial charge in [-0.2, -0.15) is 0 Å². The van der Waals surface area contributed by atoms with E-state index in [0.717, 1.165) is 6.07 Å². The number of benzene rings is 1. The first kappa shape index (κ1) is 9.83. The monoisotopic (exact) mass is 183 g/mol. The van der Waals surface area contributed by atoms with Gasteiger partial charge in [0.1, 0.15) is 5.82 Å². The van der Waals surface area contributed by atoms with Gasteiger partial charge < -0.3 is 10.8 Å². The summed E-state index contributed by atoms with van der Waals surface area (Å²) in [6, 6.07) is 3.88. The van der Waals surface area contributed by atoms with Crippen molar-refractivity contribution in [2.75, 3.05) is 6.54 Å². The molecule has 0 unspecified atom stereocenters. The van der Waals surface area contributed by atoms with Crippen LogP contribution in [0.4, 0.5) is 4.39 Å². The number of ketones is 1. The van der Waals surface area contributed by atoms with Crippen LogP contribution >= 0.6 is 0 Å². The molecule has 0 aliphatic heterocycles. The number of rotatable bonds is 3. The summed E-state index contributed by atoms with van der Waals surface area (Å²) in [5, 5.41) is 8.74. The molecule has 3 nitrogen and oxygen atoms in total. The molecular formula is C9H10FNO2. The van der Waals surface area contributed by atoms with E-state index in [1.165, 1.54) is 12.1 Å². The van der Waals surface area contributed by atoms with Gasteiger partial charge in [-0.15, -0.1) is 0 Å². The molecule has 0 fully saturated rings. The lowest BCUT2D eigenvalue weighted by Gasteiger charge is -2.02. The standard InChI is InChI=1S/C9H10FNO2/c10-8-2-1-6(5-12)3-7(8)9(13)4-11/h1-3,12H,4-5,11H2. The molecular weight excluding hydrogens is 173 g/mol. The zero-order valence-corrected chi connectivity index (χ0v) is 6.96. The van der Waals surface area contributed by atoms with Gasteiger partial charge in [0, 0.05) is 0 Å². The Morgan fingerprint density at radius 2 is 2.23 bits per heavy atom. The summed E-state index contributed by atoms with van der Waals surface area (Å²) in [4.78, 5) is 11.1. The van der Waals surface area contributed by atoms with Crippen molar-refractivity contribution in [1.29, 1.82) is 0 Å². The molecule has 1 aromatic carbocycles. The largest absolute Gasteiger partial charge is 0.392 e. The fourth-order valence-electron chi connectivity index (χ4n) is 0.994. The third kappa shape index (κ3) is 2.11. The van der Waals surface area contributed by atoms with Crippen molar-refractivity contribution in [2.45, 2.75) is 6.61 Å². The van der Waals surface area contributed by atoms with Crippen LogP contribution in [0.3, 0.4) is 0 Å². The van der Waals surface area contributed by atoms with Crippen LogP contribution in [0.1, 0.15) is 15.9 Å². The van der Waals surface area contributed by atoms with Gasteiger partial charge in [-0.1, -0.05) is 6.07 Å². The van der Waals surface area contributed by atoms with E-state index in [2.05, 4.69) is 0 Å². The maximum absolute atomic E-state index is 13.0. The van der Waals surface area contributed by atoms with Gasteiger partial charge in [0.15, 0.2) is 5.78 Å². The van der Waals surface area contributed by atoms with Gasteiger partial charge in [-0.3, -0.25) is 4.79 Å². The first-order valence-electron chi connectivity index (χ1n) is 3.81. The van der Waals surface area contributed by atoms with Crippen molar-refractivity contribution in [1.82, 2.24) is 0 Å². The number of Topliss-reactive ketones (excluding diaryl/α,β-unsaturated/α-hetero) is 1. The molecule has 0 bridgehead atoms. The minimum absolute atomic E-state index is 0.0611. The van der Waals surface area contributed by atoms with Crippen molar-refractivity contribution >= 4 is 5.78 Å². The van der Waals surface area contributed by atoms with Crippen molar-refractivity contribution in [3.05, 3.63) is 35.1 Å². The maximum Gasteiger partial charge on any atom is 0.179 e. The summed E-state index contributed by atoms with van der Waals surface area (Å²) in [5.74, 6) is -1.07. The number of aliphatic hydroxyl groups is 1. The smallest absolute Gasteiger partial charge is 0.179 e. The molecule has 13 heavy (non-hydrogen) atoms. The molecule has 0 radical (unpaired) electrons. The van der Waals surface area contributed by atoms with Crippen LogP contribution in [-0.4, -0.2) is 17.4 Å². The quantitative estimate of drug-likeness (QED) is 0.669. The summed E-state index contributed by atoms with van der Waals surface area (Å²) >= 11 is 0. The second-order valence-corrected chi connectivity index (χ2v) is 2.60. The van der Waals surface area contributed by atoms with E-state index in [1.807, 2.05) is 0 Å². The van der Waals surface area contributed by atoms with Gasteiger partial charge in [-0.25, -0.2) is 4.39 Å². The third-order valence-electron chi connectivity index (χ3n) is 1.70. The zero-order valence-electron chi connectivity index (χ0n) is 6.96. The van der Waals surface area contributed by atoms with Crippen molar-refractivity contribution in [2.24, 2.45) is 5.73 Å². The molecule has 4 heteroatoms. The number of halogens is 1. The van der Waals surface area contributed by atoms with Crippen LogP contribution in [0.15, 0.2) is 18.2 Å². The van der Waals surface area contributed by atoms with Crippen LogP contribution in [-0.2, 0) is 6.61 Å². The van der Waals surface area contributed by atoms with E-state index in [9.17, 15) is 9.18 Å². The number of carbonyl (C=O) groups excluding carboxylic acids is 1. The van der Waals surface area contributed by atoms with E-state index >= 15 is 0 Å². The van der Waals surface area contributed by atoms with Gasteiger partial charge in [-0.05, 0) is 17.7 Å². The molecule has 1 aromatic rings. The van der Waals surface area contributed by atoms with E-state index < -0.39 is 11.6 Å². The average molecular weight is 183 g/mol. The van der Waals surface area contributed by atoms with Gasteiger partial charge in [0.25, 0.3) is 0 Å². The minimum Gasteiger partial charge on any atom is -0.392 e. The van der Waals surface area contributed by atoms with Crippen LogP contribution < -0.4 is 5.73 Å². The lowest BCUT2D eigenvalue weighted by atomic mass is 10.1. The highest BCUT2D eigenvalue weighted by Crippen LogP contribution is 2.10. The number of hydrogen-bond acceptors (Lipinski definition) is 3. The Kier molecular flexibility index (Phi) is 3.11. The molecule has 0 aliphatic carbocycles. The van der Waals surface area contributed by atoms with Crippen molar-refractivity contribution < 1.29 is 14.3 Å². The SMILES string of the molecule is NCC(=O)c1cc(CO)ccc1F. The van der Waals surface area contributed by atoms with Crippen LogP contribution in [0.25, 0.3) is 0 Å². The Balaban J connectivity index is 3.11. The van der Waals surface area contributed by atoms with Crippen molar-refractivity contribution in [3.63, 3.8) is 0 Å². The Bertz CT molecular complexity index is 325. The first-order chi connectivity index (χ1) is 6.19. The lowest BCUT2D eigenvalue weighted by molar-refractivity contribution is 0.0997. The highest BCUT2D eigenvalue weighted by atomic mass is 19.1. The maximum atomic E-state index is 13.0. The number of nitrogens with two attached hydrogens (primary N) is 1. The molecule has 0 heterocycles. The van der Waals surface area contributed by atoms with Gasteiger partial charge in [0.05, 0.1) is 18.7 Å². The fourth-order valence-corrected chi connectivity index (χ4v) is 0.994. The predicted molar refractivity (Wildman–Crippen MR) is 45.7 cm³/mol. The van der Waals surface area contributed by atoms with Gasteiger partial charge in [0.2, 0.25) is 0 Å². The molecule has 0 aliphatic rings. The molecule has 70 valence electrons. The van der Waals surface area contributed by atoms with E-state index in [-0.39, 0.29) is 18.7 Å². The molecule has 3 N–H and O–H groups in total. The molecule has 0 aromatic heterocycles. The molecule has 0 amide bonds. The lowest BCUT2D eigenvalue weighted by Crippen LogP contribution is -2.15. The molecule has 0 spiro atoms. The molecule has 0 saturated carbocycles. The van der Waals surface area contributed by atoms with Crippen LogP contribution in [0, 0.1) is 5.82 Å². The summed E-state index contributed by atoms with van der Waals surface area (Å²) in [5.41, 5.74) is 5.52. The predicted octanol–water partition coefficient (Wildman–Crippen LogP) is 0.459. The average Bonchev–Trinajstić information content (AvgIpc) is 2.17. The van der Waals surface area contributed by atoms with Crippen molar-refractivity contribution in [3.8, 4) is 0 Å². The number of carbonyl (C=O) groups is 1. The normalized spacial score (nSPS) is 10.1. The minimum atomic E-state index is -0.604. The summed E-state index contributed by atoms with van der Waals surface area (Å²) in [6.45, 7) is -0.447. The summed E-state index contributed by atoms with van der Waals surface area (Å²) in [7, 11) is 0. The number of aliphatic hydroxyl groups excluding tert-OH is 1. The molecule has 0 atom stereocenters. The third-order valence-corrected chi connectivity index (χ3v) is 1.70. The second-order valence-electron chi connectivity index (χ2n) is 2.60. The molecule has 0 saturated heterocycles. The topological polar surface area (TPSA) is 63.3 Å². The Morgan fingerprint density at radius 3 is 2.77 bits per heavy atom. The second kappa shape index (κ2) is 4.11. The Labute approximate surface area is 75.0 Å².